The monoisotopic (exact) mass is 235 g/mol. The van der Waals surface area contributed by atoms with Crippen LogP contribution in [0.4, 0.5) is 4.39 Å². The second kappa shape index (κ2) is 5.18. The summed E-state index contributed by atoms with van der Waals surface area (Å²) in [6, 6.07) is 6.73. The highest BCUT2D eigenvalue weighted by molar-refractivity contribution is 5.20. The van der Waals surface area contributed by atoms with Crippen molar-refractivity contribution in [1.29, 1.82) is 0 Å². The zero-order valence-electron chi connectivity index (χ0n) is 10.7. The number of hydrogen-bond donors (Lipinski definition) is 1. The summed E-state index contributed by atoms with van der Waals surface area (Å²) in [5.74, 6) is 1.84. The molecule has 2 heteroatoms. The molecular weight excluding hydrogens is 213 g/mol. The van der Waals surface area contributed by atoms with Crippen LogP contribution in [0.15, 0.2) is 24.3 Å². The highest BCUT2D eigenvalue weighted by atomic mass is 19.1. The van der Waals surface area contributed by atoms with Crippen LogP contribution in [0.25, 0.3) is 0 Å². The molecule has 0 aliphatic heterocycles. The largest absolute Gasteiger partial charge is 0.324 e. The first kappa shape index (κ1) is 12.6. The molecule has 1 nitrogen and oxygen atoms in total. The van der Waals surface area contributed by atoms with Crippen molar-refractivity contribution in [3.8, 4) is 0 Å². The Kier molecular flexibility index (Phi) is 3.82. The number of rotatable bonds is 2. The maximum atomic E-state index is 13.2. The van der Waals surface area contributed by atoms with Crippen LogP contribution >= 0.6 is 0 Å². The van der Waals surface area contributed by atoms with Gasteiger partial charge in [0.2, 0.25) is 0 Å². The first-order valence-electron chi connectivity index (χ1n) is 6.59. The van der Waals surface area contributed by atoms with E-state index in [1.165, 1.54) is 25.3 Å². The van der Waals surface area contributed by atoms with E-state index in [1.807, 2.05) is 6.07 Å². The van der Waals surface area contributed by atoms with E-state index < -0.39 is 0 Å². The van der Waals surface area contributed by atoms with Crippen molar-refractivity contribution in [2.75, 3.05) is 0 Å². The van der Waals surface area contributed by atoms with Gasteiger partial charge in [0.15, 0.2) is 0 Å². The molecule has 4 atom stereocenters. The molecule has 0 radical (unpaired) electrons. The van der Waals surface area contributed by atoms with E-state index in [0.29, 0.717) is 5.92 Å². The Bertz CT molecular complexity index is 377. The summed E-state index contributed by atoms with van der Waals surface area (Å²) in [5, 5.41) is 0. The first-order valence-corrected chi connectivity index (χ1v) is 6.59. The highest BCUT2D eigenvalue weighted by Crippen LogP contribution is 2.38. The van der Waals surface area contributed by atoms with Crippen molar-refractivity contribution in [3.05, 3.63) is 35.6 Å². The summed E-state index contributed by atoms with van der Waals surface area (Å²) < 4.78 is 13.2. The molecule has 1 fully saturated rings. The topological polar surface area (TPSA) is 26.0 Å². The molecule has 1 aliphatic rings. The van der Waals surface area contributed by atoms with Crippen molar-refractivity contribution in [2.24, 2.45) is 23.5 Å². The van der Waals surface area contributed by atoms with Crippen molar-refractivity contribution in [2.45, 2.75) is 39.2 Å². The van der Waals surface area contributed by atoms with Crippen LogP contribution in [0.5, 0.6) is 0 Å². The molecule has 1 saturated carbocycles. The van der Waals surface area contributed by atoms with Crippen molar-refractivity contribution < 1.29 is 4.39 Å². The average molecular weight is 235 g/mol. The molecule has 0 aromatic heterocycles. The van der Waals surface area contributed by atoms with Gasteiger partial charge in [-0.15, -0.1) is 0 Å². The van der Waals surface area contributed by atoms with Gasteiger partial charge in [-0.2, -0.15) is 0 Å². The van der Waals surface area contributed by atoms with E-state index in [9.17, 15) is 4.39 Å². The normalized spacial score (nSPS) is 31.2. The molecule has 2 N–H and O–H groups in total. The zero-order chi connectivity index (χ0) is 12.4. The van der Waals surface area contributed by atoms with E-state index >= 15 is 0 Å². The molecule has 1 aliphatic carbocycles. The quantitative estimate of drug-likeness (QED) is 0.826. The van der Waals surface area contributed by atoms with Crippen LogP contribution in [0.3, 0.4) is 0 Å². The molecule has 0 bridgehead atoms. The summed E-state index contributed by atoms with van der Waals surface area (Å²) in [5.41, 5.74) is 7.22. The molecule has 0 saturated heterocycles. The maximum Gasteiger partial charge on any atom is 0.123 e. The molecule has 0 spiro atoms. The Labute approximate surface area is 103 Å². The minimum atomic E-state index is -0.185. The molecule has 94 valence electrons. The fourth-order valence-electron chi connectivity index (χ4n) is 2.90. The van der Waals surface area contributed by atoms with Crippen molar-refractivity contribution in [1.82, 2.24) is 0 Å². The maximum absolute atomic E-state index is 13.2. The lowest BCUT2D eigenvalue weighted by Gasteiger charge is -2.35. The van der Waals surface area contributed by atoms with Crippen molar-refractivity contribution in [3.63, 3.8) is 0 Å². The fraction of sp³-hybridized carbons (Fsp3) is 0.600. The molecule has 2 rings (SSSR count). The number of nitrogens with two attached hydrogens (primary N) is 1. The van der Waals surface area contributed by atoms with Gasteiger partial charge in [0.05, 0.1) is 0 Å². The molecular formula is C15H22FN. The SMILES string of the molecule is CC1CCC(C(N)c2cccc(F)c2)CC1C. The third kappa shape index (κ3) is 2.86. The van der Waals surface area contributed by atoms with Crippen LogP contribution in [0.1, 0.15) is 44.7 Å². The van der Waals surface area contributed by atoms with E-state index in [2.05, 4.69) is 13.8 Å². The van der Waals surface area contributed by atoms with Gasteiger partial charge in [-0.3, -0.25) is 0 Å². The standard InChI is InChI=1S/C15H22FN/c1-10-6-7-13(8-11(10)2)15(17)12-4-3-5-14(16)9-12/h3-5,9-11,13,15H,6-8,17H2,1-2H3. The first-order chi connectivity index (χ1) is 8.08. The second-order valence-corrected chi connectivity index (χ2v) is 5.61. The third-order valence-electron chi connectivity index (χ3n) is 4.38. The Hall–Kier alpha value is -0.890. The van der Waals surface area contributed by atoms with E-state index in [4.69, 9.17) is 5.73 Å². The molecule has 0 amide bonds. The second-order valence-electron chi connectivity index (χ2n) is 5.61. The van der Waals surface area contributed by atoms with Crippen LogP contribution in [-0.4, -0.2) is 0 Å². The Balaban J connectivity index is 2.07. The minimum absolute atomic E-state index is 0.0133. The minimum Gasteiger partial charge on any atom is -0.324 e. The lowest BCUT2D eigenvalue weighted by atomic mass is 9.72. The zero-order valence-corrected chi connectivity index (χ0v) is 10.7. The van der Waals surface area contributed by atoms with E-state index in [1.54, 1.807) is 12.1 Å². The lowest BCUT2D eigenvalue weighted by Crippen LogP contribution is -2.29. The van der Waals surface area contributed by atoms with Gasteiger partial charge in [0.1, 0.15) is 5.82 Å². The van der Waals surface area contributed by atoms with E-state index in [-0.39, 0.29) is 11.9 Å². The van der Waals surface area contributed by atoms with Gasteiger partial charge in [-0.05, 0) is 48.3 Å². The molecule has 4 unspecified atom stereocenters. The van der Waals surface area contributed by atoms with E-state index in [0.717, 1.165) is 17.4 Å². The Morgan fingerprint density at radius 1 is 1.24 bits per heavy atom. The summed E-state index contributed by atoms with van der Waals surface area (Å²) in [4.78, 5) is 0. The van der Waals surface area contributed by atoms with Crippen LogP contribution in [-0.2, 0) is 0 Å². The van der Waals surface area contributed by atoms with Crippen LogP contribution < -0.4 is 5.73 Å². The number of benzene rings is 1. The summed E-state index contributed by atoms with van der Waals surface area (Å²) in [6.45, 7) is 4.61. The van der Waals surface area contributed by atoms with Gasteiger partial charge in [0.25, 0.3) is 0 Å². The van der Waals surface area contributed by atoms with Gasteiger partial charge in [0, 0.05) is 6.04 Å². The van der Waals surface area contributed by atoms with Gasteiger partial charge < -0.3 is 5.73 Å². The van der Waals surface area contributed by atoms with Gasteiger partial charge in [-0.25, -0.2) is 4.39 Å². The molecule has 17 heavy (non-hydrogen) atoms. The van der Waals surface area contributed by atoms with Gasteiger partial charge >= 0.3 is 0 Å². The predicted molar refractivity (Wildman–Crippen MR) is 69.0 cm³/mol. The number of halogens is 1. The third-order valence-corrected chi connectivity index (χ3v) is 4.38. The van der Waals surface area contributed by atoms with Crippen LogP contribution in [0.2, 0.25) is 0 Å². The Morgan fingerprint density at radius 2 is 2.00 bits per heavy atom. The lowest BCUT2D eigenvalue weighted by molar-refractivity contribution is 0.186. The molecule has 0 heterocycles. The Morgan fingerprint density at radius 3 is 2.65 bits per heavy atom. The summed E-state index contributed by atoms with van der Waals surface area (Å²) >= 11 is 0. The summed E-state index contributed by atoms with van der Waals surface area (Å²) in [6.07, 6.45) is 3.58. The van der Waals surface area contributed by atoms with Crippen LogP contribution in [0, 0.1) is 23.6 Å². The summed E-state index contributed by atoms with van der Waals surface area (Å²) in [7, 11) is 0. The molecule has 1 aromatic rings. The highest BCUT2D eigenvalue weighted by Gasteiger charge is 2.29. The van der Waals surface area contributed by atoms with Crippen molar-refractivity contribution >= 4 is 0 Å². The average Bonchev–Trinajstić information content (AvgIpc) is 2.32. The fourth-order valence-corrected chi connectivity index (χ4v) is 2.90. The van der Waals surface area contributed by atoms with Gasteiger partial charge in [-0.1, -0.05) is 32.4 Å². The predicted octanol–water partition coefficient (Wildman–Crippen LogP) is 3.90. The molecule has 1 aromatic carbocycles. The smallest absolute Gasteiger partial charge is 0.123 e. The number of hydrogen-bond acceptors (Lipinski definition) is 1.